The number of aromatic nitrogens is 1. The SMILES string of the molecule is CC(=O)c1cc(Cl)cc(CSc2nc(C)c(C)o2)c1O. The molecule has 1 N–H and O–H groups in total. The third-order valence-corrected chi connectivity index (χ3v) is 3.99. The first kappa shape index (κ1) is 14.9. The van der Waals surface area contributed by atoms with E-state index in [0.29, 0.717) is 21.6 Å². The van der Waals surface area contributed by atoms with Gasteiger partial charge in [0.05, 0.1) is 11.3 Å². The van der Waals surface area contributed by atoms with E-state index in [0.717, 1.165) is 11.5 Å². The zero-order chi connectivity index (χ0) is 14.9. The Morgan fingerprint density at radius 2 is 2.15 bits per heavy atom. The van der Waals surface area contributed by atoms with Gasteiger partial charge in [-0.25, -0.2) is 4.98 Å². The molecule has 0 spiro atoms. The number of carbonyl (C=O) groups excluding carboxylic acids is 1. The largest absolute Gasteiger partial charge is 0.507 e. The van der Waals surface area contributed by atoms with Gasteiger partial charge in [-0.05, 0) is 32.9 Å². The fourth-order valence-electron chi connectivity index (χ4n) is 1.68. The monoisotopic (exact) mass is 311 g/mol. The van der Waals surface area contributed by atoms with Crippen molar-refractivity contribution in [3.8, 4) is 5.75 Å². The molecule has 106 valence electrons. The van der Waals surface area contributed by atoms with Gasteiger partial charge in [0, 0.05) is 16.3 Å². The molecule has 0 saturated carbocycles. The van der Waals surface area contributed by atoms with Crippen molar-refractivity contribution in [2.75, 3.05) is 0 Å². The predicted molar refractivity (Wildman–Crippen MR) is 78.7 cm³/mol. The third kappa shape index (κ3) is 3.16. The summed E-state index contributed by atoms with van der Waals surface area (Å²) in [5.41, 5.74) is 1.65. The molecule has 0 radical (unpaired) electrons. The van der Waals surface area contributed by atoms with Crippen molar-refractivity contribution in [3.05, 3.63) is 39.7 Å². The molecular formula is C14H14ClNO3S. The van der Waals surface area contributed by atoms with Crippen LogP contribution in [0.2, 0.25) is 5.02 Å². The Bertz CT molecular complexity index is 647. The third-order valence-electron chi connectivity index (χ3n) is 2.89. The highest BCUT2D eigenvalue weighted by Gasteiger charge is 2.14. The van der Waals surface area contributed by atoms with Gasteiger partial charge in [0.1, 0.15) is 11.5 Å². The highest BCUT2D eigenvalue weighted by atomic mass is 35.5. The zero-order valence-corrected chi connectivity index (χ0v) is 12.9. The number of carbonyl (C=O) groups is 1. The molecule has 20 heavy (non-hydrogen) atoms. The van der Waals surface area contributed by atoms with Gasteiger partial charge in [-0.15, -0.1) is 0 Å². The summed E-state index contributed by atoms with van der Waals surface area (Å²) in [5.74, 6) is 0.937. The van der Waals surface area contributed by atoms with E-state index in [1.807, 2.05) is 13.8 Å². The number of benzene rings is 1. The summed E-state index contributed by atoms with van der Waals surface area (Å²) in [6.07, 6.45) is 0. The summed E-state index contributed by atoms with van der Waals surface area (Å²) >= 11 is 7.31. The molecule has 1 aromatic heterocycles. The lowest BCUT2D eigenvalue weighted by Gasteiger charge is -2.07. The van der Waals surface area contributed by atoms with Crippen molar-refractivity contribution >= 4 is 29.1 Å². The van der Waals surface area contributed by atoms with Gasteiger partial charge in [-0.3, -0.25) is 4.79 Å². The molecule has 0 fully saturated rings. The predicted octanol–water partition coefficient (Wildman–Crippen LogP) is 4.15. The minimum absolute atomic E-state index is 0.0330. The van der Waals surface area contributed by atoms with Crippen LogP contribution in [0.15, 0.2) is 21.8 Å². The van der Waals surface area contributed by atoms with E-state index in [1.165, 1.54) is 24.8 Å². The van der Waals surface area contributed by atoms with E-state index in [1.54, 1.807) is 6.07 Å². The number of aromatic hydroxyl groups is 1. The van der Waals surface area contributed by atoms with Crippen LogP contribution in [0.25, 0.3) is 0 Å². The van der Waals surface area contributed by atoms with Crippen LogP contribution in [-0.4, -0.2) is 15.9 Å². The Labute approximate surface area is 126 Å². The number of Topliss-reactive ketones (excluding diaryl/α,β-unsaturated/α-hetero) is 1. The molecule has 0 amide bonds. The standard InChI is InChI=1S/C14H14ClNO3S/c1-7-9(3)19-14(16-7)20-6-10-4-11(15)5-12(8(2)17)13(10)18/h4-5,18H,6H2,1-3H3. The van der Waals surface area contributed by atoms with Gasteiger partial charge in [0.25, 0.3) is 5.22 Å². The number of hydrogen-bond acceptors (Lipinski definition) is 5. The molecule has 0 aliphatic heterocycles. The van der Waals surface area contributed by atoms with E-state index < -0.39 is 0 Å². The highest BCUT2D eigenvalue weighted by Crippen LogP contribution is 2.33. The van der Waals surface area contributed by atoms with Crippen molar-refractivity contribution in [3.63, 3.8) is 0 Å². The summed E-state index contributed by atoms with van der Waals surface area (Å²) in [6.45, 7) is 5.10. The highest BCUT2D eigenvalue weighted by molar-refractivity contribution is 7.98. The van der Waals surface area contributed by atoms with E-state index in [-0.39, 0.29) is 17.1 Å². The first-order valence-electron chi connectivity index (χ1n) is 5.97. The molecule has 2 rings (SSSR count). The lowest BCUT2D eigenvalue weighted by Crippen LogP contribution is -1.96. The maximum Gasteiger partial charge on any atom is 0.256 e. The molecule has 1 aromatic carbocycles. The van der Waals surface area contributed by atoms with Gasteiger partial charge < -0.3 is 9.52 Å². The van der Waals surface area contributed by atoms with Crippen LogP contribution < -0.4 is 0 Å². The molecule has 1 heterocycles. The Hall–Kier alpha value is -1.46. The second-order valence-electron chi connectivity index (χ2n) is 4.43. The van der Waals surface area contributed by atoms with Gasteiger partial charge in [0.15, 0.2) is 5.78 Å². The molecular weight excluding hydrogens is 298 g/mol. The van der Waals surface area contributed by atoms with Crippen molar-refractivity contribution in [2.45, 2.75) is 31.7 Å². The zero-order valence-electron chi connectivity index (χ0n) is 11.4. The number of phenolic OH excluding ortho intramolecular Hbond substituents is 1. The first-order chi connectivity index (χ1) is 9.38. The smallest absolute Gasteiger partial charge is 0.256 e. The lowest BCUT2D eigenvalue weighted by molar-refractivity contribution is 0.101. The number of thioether (sulfide) groups is 1. The number of hydrogen-bond donors (Lipinski definition) is 1. The van der Waals surface area contributed by atoms with Crippen molar-refractivity contribution in [2.24, 2.45) is 0 Å². The van der Waals surface area contributed by atoms with Crippen LogP contribution in [0.4, 0.5) is 0 Å². The molecule has 0 aliphatic rings. The Balaban J connectivity index is 2.23. The summed E-state index contributed by atoms with van der Waals surface area (Å²) in [4.78, 5) is 15.7. The van der Waals surface area contributed by atoms with Gasteiger partial charge in [-0.1, -0.05) is 23.4 Å². The minimum Gasteiger partial charge on any atom is -0.507 e. The first-order valence-corrected chi connectivity index (χ1v) is 7.34. The minimum atomic E-state index is -0.223. The molecule has 0 atom stereocenters. The van der Waals surface area contributed by atoms with Crippen molar-refractivity contribution in [1.29, 1.82) is 0 Å². The Morgan fingerprint density at radius 1 is 1.45 bits per heavy atom. The number of nitrogens with zero attached hydrogens (tertiary/aromatic N) is 1. The average Bonchev–Trinajstić information content (AvgIpc) is 2.69. The van der Waals surface area contributed by atoms with Crippen LogP contribution in [0, 0.1) is 13.8 Å². The molecule has 0 saturated heterocycles. The van der Waals surface area contributed by atoms with Gasteiger partial charge in [0.2, 0.25) is 0 Å². The molecule has 2 aromatic rings. The Kier molecular flexibility index (Phi) is 4.40. The van der Waals surface area contributed by atoms with Gasteiger partial charge in [-0.2, -0.15) is 0 Å². The van der Waals surface area contributed by atoms with Crippen molar-refractivity contribution in [1.82, 2.24) is 4.98 Å². The fraction of sp³-hybridized carbons (Fsp3) is 0.286. The summed E-state index contributed by atoms with van der Waals surface area (Å²) in [6, 6.07) is 3.10. The van der Waals surface area contributed by atoms with Crippen LogP contribution >= 0.6 is 23.4 Å². The summed E-state index contributed by atoms with van der Waals surface area (Å²) < 4.78 is 5.45. The molecule has 0 aliphatic carbocycles. The van der Waals surface area contributed by atoms with Crippen LogP contribution in [-0.2, 0) is 5.75 Å². The summed E-state index contributed by atoms with van der Waals surface area (Å²) in [5, 5.41) is 11.0. The lowest BCUT2D eigenvalue weighted by atomic mass is 10.1. The Morgan fingerprint density at radius 3 is 2.70 bits per heavy atom. The number of halogens is 1. The van der Waals surface area contributed by atoms with Crippen LogP contribution in [0.1, 0.15) is 34.3 Å². The molecule has 0 unspecified atom stereocenters. The van der Waals surface area contributed by atoms with Crippen LogP contribution in [0.5, 0.6) is 5.75 Å². The van der Waals surface area contributed by atoms with E-state index in [4.69, 9.17) is 16.0 Å². The number of ketones is 1. The van der Waals surface area contributed by atoms with Crippen molar-refractivity contribution < 1.29 is 14.3 Å². The fourth-order valence-corrected chi connectivity index (χ4v) is 2.80. The second kappa shape index (κ2) is 5.89. The number of aryl methyl sites for hydroxylation is 2. The molecule has 0 bridgehead atoms. The molecule has 6 heteroatoms. The summed E-state index contributed by atoms with van der Waals surface area (Å²) in [7, 11) is 0. The van der Waals surface area contributed by atoms with E-state index in [2.05, 4.69) is 4.98 Å². The maximum absolute atomic E-state index is 11.4. The van der Waals surface area contributed by atoms with E-state index >= 15 is 0 Å². The van der Waals surface area contributed by atoms with Crippen LogP contribution in [0.3, 0.4) is 0 Å². The normalized spacial score (nSPS) is 10.8. The number of rotatable bonds is 4. The average molecular weight is 312 g/mol. The maximum atomic E-state index is 11.4. The van der Waals surface area contributed by atoms with E-state index in [9.17, 15) is 9.90 Å². The van der Waals surface area contributed by atoms with Gasteiger partial charge >= 0.3 is 0 Å². The quantitative estimate of drug-likeness (QED) is 0.679. The molecule has 4 nitrogen and oxygen atoms in total. The number of oxazole rings is 1. The topological polar surface area (TPSA) is 63.3 Å². The second-order valence-corrected chi connectivity index (χ2v) is 5.79. The number of phenols is 1.